The van der Waals surface area contributed by atoms with Crippen molar-refractivity contribution in [3.8, 4) is 0 Å². The van der Waals surface area contributed by atoms with E-state index in [0.717, 1.165) is 0 Å². The summed E-state index contributed by atoms with van der Waals surface area (Å²) in [5.41, 5.74) is -0.0350. The third kappa shape index (κ3) is 1.56. The van der Waals surface area contributed by atoms with Crippen molar-refractivity contribution in [3.63, 3.8) is 0 Å². The number of aliphatic hydroxyl groups is 3. The first-order chi connectivity index (χ1) is 5.70. The fraction of sp³-hybridized carbons (Fsp3) is 0.833. The van der Waals surface area contributed by atoms with E-state index in [2.05, 4.69) is 5.16 Å². The molecule has 1 fully saturated rings. The van der Waals surface area contributed by atoms with Crippen LogP contribution in [0.25, 0.3) is 0 Å². The van der Waals surface area contributed by atoms with Gasteiger partial charge in [0.2, 0.25) is 0 Å². The van der Waals surface area contributed by atoms with Crippen LogP contribution < -0.4 is 0 Å². The molecule has 0 radical (unpaired) electrons. The topological polar surface area (TPSA) is 103 Å². The third-order valence-corrected chi connectivity index (χ3v) is 1.80. The first-order valence-electron chi connectivity index (χ1n) is 3.50. The Bertz CT molecular complexity index is 183. The zero-order valence-electron chi connectivity index (χ0n) is 6.29. The summed E-state index contributed by atoms with van der Waals surface area (Å²) in [6.45, 7) is -0.461. The maximum atomic E-state index is 9.21. The highest BCUT2D eigenvalue weighted by Gasteiger charge is 2.35. The molecule has 1 aliphatic heterocycles. The van der Waals surface area contributed by atoms with Crippen molar-refractivity contribution in [2.45, 2.75) is 18.3 Å². The highest BCUT2D eigenvalue weighted by atomic mass is 16.5. The SMILES string of the molecule is OC[C@H]1OC/C(=N\O)[C@@H](O)[C@H]1O. The Morgan fingerprint density at radius 3 is 2.67 bits per heavy atom. The van der Waals surface area contributed by atoms with Crippen LogP contribution in [0.4, 0.5) is 0 Å². The molecule has 70 valence electrons. The van der Waals surface area contributed by atoms with E-state index in [-0.39, 0.29) is 18.9 Å². The molecule has 0 amide bonds. The second-order valence-corrected chi connectivity index (χ2v) is 2.56. The van der Waals surface area contributed by atoms with Gasteiger partial charge >= 0.3 is 0 Å². The number of hydrogen-bond donors (Lipinski definition) is 4. The molecular weight excluding hydrogens is 166 g/mol. The molecule has 4 N–H and O–H groups in total. The Labute approximate surface area is 68.7 Å². The lowest BCUT2D eigenvalue weighted by molar-refractivity contribution is -0.102. The average molecular weight is 177 g/mol. The number of ether oxygens (including phenoxy) is 1. The standard InChI is InChI=1S/C6H11NO5/c8-1-4-6(10)5(9)3(7-11)2-12-4/h4-6,8-11H,1-2H2/b7-3+/t4-,5-,6+/m1/s1. The Hall–Kier alpha value is -0.690. The van der Waals surface area contributed by atoms with Crippen molar-refractivity contribution in [1.82, 2.24) is 0 Å². The second kappa shape index (κ2) is 3.81. The van der Waals surface area contributed by atoms with Crippen LogP contribution in [0, 0.1) is 0 Å². The number of nitrogens with zero attached hydrogens (tertiary/aromatic N) is 1. The van der Waals surface area contributed by atoms with Crippen molar-refractivity contribution in [3.05, 3.63) is 0 Å². The normalized spacial score (nSPS) is 40.2. The predicted molar refractivity (Wildman–Crippen MR) is 38.1 cm³/mol. The lowest BCUT2D eigenvalue weighted by Crippen LogP contribution is -2.51. The first kappa shape index (κ1) is 9.40. The molecule has 3 atom stereocenters. The van der Waals surface area contributed by atoms with Gasteiger partial charge in [0.25, 0.3) is 0 Å². The van der Waals surface area contributed by atoms with E-state index in [4.69, 9.17) is 15.1 Å². The van der Waals surface area contributed by atoms with Crippen molar-refractivity contribution in [2.24, 2.45) is 5.16 Å². The molecule has 1 rings (SSSR count). The van der Waals surface area contributed by atoms with Gasteiger partial charge in [-0.05, 0) is 0 Å². The largest absolute Gasteiger partial charge is 0.411 e. The number of hydrogen-bond acceptors (Lipinski definition) is 6. The lowest BCUT2D eigenvalue weighted by Gasteiger charge is -2.30. The zero-order chi connectivity index (χ0) is 9.14. The van der Waals surface area contributed by atoms with Gasteiger partial charge in [0.15, 0.2) is 0 Å². The van der Waals surface area contributed by atoms with E-state index in [9.17, 15) is 10.2 Å². The van der Waals surface area contributed by atoms with Crippen LogP contribution in [0.3, 0.4) is 0 Å². The second-order valence-electron chi connectivity index (χ2n) is 2.56. The van der Waals surface area contributed by atoms with Gasteiger partial charge in [-0.3, -0.25) is 0 Å². The summed E-state index contributed by atoms with van der Waals surface area (Å²) in [6, 6.07) is 0. The zero-order valence-corrected chi connectivity index (χ0v) is 6.29. The maximum absolute atomic E-state index is 9.21. The third-order valence-electron chi connectivity index (χ3n) is 1.80. The van der Waals surface area contributed by atoms with E-state index in [1.54, 1.807) is 0 Å². The van der Waals surface area contributed by atoms with Crippen molar-refractivity contribution >= 4 is 5.71 Å². The minimum Gasteiger partial charge on any atom is -0.411 e. The van der Waals surface area contributed by atoms with E-state index in [0.29, 0.717) is 0 Å². The molecule has 1 heterocycles. The van der Waals surface area contributed by atoms with Crippen molar-refractivity contribution in [1.29, 1.82) is 0 Å². The molecule has 1 saturated heterocycles. The van der Waals surface area contributed by atoms with Gasteiger partial charge in [0.1, 0.15) is 24.0 Å². The molecule has 0 unspecified atom stereocenters. The Morgan fingerprint density at radius 2 is 2.17 bits per heavy atom. The molecule has 0 aliphatic carbocycles. The van der Waals surface area contributed by atoms with Crippen LogP contribution in [-0.4, -0.2) is 57.8 Å². The summed E-state index contributed by atoms with van der Waals surface area (Å²) in [6.07, 6.45) is -3.32. The molecular formula is C6H11NO5. The first-order valence-corrected chi connectivity index (χ1v) is 3.50. The van der Waals surface area contributed by atoms with Gasteiger partial charge in [-0.15, -0.1) is 0 Å². The van der Waals surface area contributed by atoms with Crippen LogP contribution >= 0.6 is 0 Å². The lowest BCUT2D eigenvalue weighted by atomic mass is 10.0. The molecule has 6 nitrogen and oxygen atoms in total. The van der Waals surface area contributed by atoms with Gasteiger partial charge in [-0.1, -0.05) is 5.16 Å². The Kier molecular flexibility index (Phi) is 2.99. The Morgan fingerprint density at radius 1 is 1.50 bits per heavy atom. The molecule has 0 aromatic carbocycles. The molecule has 0 saturated carbocycles. The summed E-state index contributed by atoms with van der Waals surface area (Å²) < 4.78 is 4.86. The van der Waals surface area contributed by atoms with E-state index in [1.165, 1.54) is 0 Å². The number of aliphatic hydroxyl groups excluding tert-OH is 3. The molecule has 0 aromatic heterocycles. The highest BCUT2D eigenvalue weighted by molar-refractivity contribution is 5.90. The minimum atomic E-state index is -1.26. The summed E-state index contributed by atoms with van der Waals surface area (Å²) in [5, 5.41) is 38.1. The van der Waals surface area contributed by atoms with Gasteiger partial charge in [-0.2, -0.15) is 0 Å². The fourth-order valence-corrected chi connectivity index (χ4v) is 1.03. The number of oxime groups is 1. The molecule has 6 heteroatoms. The maximum Gasteiger partial charge on any atom is 0.126 e. The van der Waals surface area contributed by atoms with Crippen LogP contribution in [-0.2, 0) is 4.74 Å². The molecule has 12 heavy (non-hydrogen) atoms. The molecule has 0 aromatic rings. The van der Waals surface area contributed by atoms with Crippen molar-refractivity contribution in [2.75, 3.05) is 13.2 Å². The Balaban J connectivity index is 2.65. The van der Waals surface area contributed by atoms with E-state index < -0.39 is 18.3 Å². The summed E-state index contributed by atoms with van der Waals surface area (Å²) in [5.74, 6) is 0. The highest BCUT2D eigenvalue weighted by Crippen LogP contribution is 2.12. The smallest absolute Gasteiger partial charge is 0.126 e. The quantitative estimate of drug-likeness (QED) is 0.272. The van der Waals surface area contributed by atoms with Gasteiger partial charge < -0.3 is 25.3 Å². The summed E-state index contributed by atoms with van der Waals surface area (Å²) in [7, 11) is 0. The van der Waals surface area contributed by atoms with Crippen molar-refractivity contribution < 1.29 is 25.3 Å². The van der Waals surface area contributed by atoms with Gasteiger partial charge in [-0.25, -0.2) is 0 Å². The predicted octanol–water partition coefficient (Wildman–Crippen LogP) is -2.07. The van der Waals surface area contributed by atoms with Crippen LogP contribution in [0.2, 0.25) is 0 Å². The molecule has 1 aliphatic rings. The average Bonchev–Trinajstić information content (AvgIpc) is 2.10. The molecule has 0 spiro atoms. The minimum absolute atomic E-state index is 0.0350. The van der Waals surface area contributed by atoms with Crippen LogP contribution in [0.5, 0.6) is 0 Å². The molecule has 0 bridgehead atoms. The number of rotatable bonds is 1. The van der Waals surface area contributed by atoms with Crippen LogP contribution in [0.1, 0.15) is 0 Å². The fourth-order valence-electron chi connectivity index (χ4n) is 1.03. The summed E-state index contributed by atoms with van der Waals surface area (Å²) >= 11 is 0. The van der Waals surface area contributed by atoms with Gasteiger partial charge in [0.05, 0.1) is 13.2 Å². The monoisotopic (exact) mass is 177 g/mol. The van der Waals surface area contributed by atoms with Crippen LogP contribution in [0.15, 0.2) is 5.16 Å². The van der Waals surface area contributed by atoms with E-state index in [1.807, 2.05) is 0 Å². The van der Waals surface area contributed by atoms with E-state index >= 15 is 0 Å². The van der Waals surface area contributed by atoms with Gasteiger partial charge in [0, 0.05) is 0 Å². The summed E-state index contributed by atoms with van der Waals surface area (Å²) in [4.78, 5) is 0.